The minimum atomic E-state index is 0.510. The number of hydrogen-bond acceptors (Lipinski definition) is 3. The zero-order valence-electron chi connectivity index (χ0n) is 7.93. The summed E-state index contributed by atoms with van der Waals surface area (Å²) in [6, 6.07) is 4.50. The van der Waals surface area contributed by atoms with Gasteiger partial charge in [-0.25, -0.2) is 0 Å². The molecule has 1 rings (SSSR count). The zero-order chi connectivity index (χ0) is 9.68. The van der Waals surface area contributed by atoms with Crippen molar-refractivity contribution in [3.8, 4) is 0 Å². The van der Waals surface area contributed by atoms with Gasteiger partial charge in [0.15, 0.2) is 0 Å². The Bertz CT molecular complexity index is 250. The van der Waals surface area contributed by atoms with E-state index in [1.165, 1.54) is 4.88 Å². The molecule has 4 heteroatoms. The summed E-state index contributed by atoms with van der Waals surface area (Å²) in [4.78, 5) is 1.29. The zero-order valence-corrected chi connectivity index (χ0v) is 9.50. The molecule has 0 aliphatic carbocycles. The minimum Gasteiger partial charge on any atom is -0.316 e. The topological polar surface area (TPSA) is 24.1 Å². The van der Waals surface area contributed by atoms with Crippen molar-refractivity contribution in [2.45, 2.75) is 19.5 Å². The largest absolute Gasteiger partial charge is 0.316 e. The van der Waals surface area contributed by atoms with Crippen molar-refractivity contribution in [2.24, 2.45) is 0 Å². The van der Waals surface area contributed by atoms with Gasteiger partial charge in [0.25, 0.3) is 0 Å². The molecule has 0 aromatic carbocycles. The maximum Gasteiger partial charge on any atom is 0.0931 e. The molecule has 0 saturated carbocycles. The van der Waals surface area contributed by atoms with Gasteiger partial charge in [-0.3, -0.25) is 0 Å². The third kappa shape index (κ3) is 4.09. The molecule has 0 saturated heterocycles. The average molecular weight is 219 g/mol. The van der Waals surface area contributed by atoms with Gasteiger partial charge < -0.3 is 10.6 Å². The highest BCUT2D eigenvalue weighted by Crippen LogP contribution is 2.20. The van der Waals surface area contributed by atoms with Crippen LogP contribution in [-0.4, -0.2) is 19.6 Å². The van der Waals surface area contributed by atoms with Crippen molar-refractivity contribution in [3.63, 3.8) is 0 Å². The highest BCUT2D eigenvalue weighted by molar-refractivity contribution is 7.16. The normalized spacial score (nSPS) is 13.2. The molecule has 1 heterocycles. The summed E-state index contributed by atoms with van der Waals surface area (Å²) in [6.07, 6.45) is 0. The van der Waals surface area contributed by atoms with E-state index >= 15 is 0 Å². The third-order valence-electron chi connectivity index (χ3n) is 1.87. The SMILES string of the molecule is CNC(C)CNCc1ccc(Cl)s1. The molecule has 1 unspecified atom stereocenters. The van der Waals surface area contributed by atoms with Crippen LogP contribution in [0, 0.1) is 0 Å². The van der Waals surface area contributed by atoms with Gasteiger partial charge in [-0.1, -0.05) is 11.6 Å². The molecule has 0 radical (unpaired) electrons. The maximum absolute atomic E-state index is 5.81. The second-order valence-corrected chi connectivity index (χ2v) is 4.83. The molecule has 0 aliphatic heterocycles. The van der Waals surface area contributed by atoms with Gasteiger partial charge in [0, 0.05) is 24.0 Å². The lowest BCUT2D eigenvalue weighted by atomic mass is 10.3. The van der Waals surface area contributed by atoms with Gasteiger partial charge in [-0.05, 0) is 26.1 Å². The van der Waals surface area contributed by atoms with Crippen molar-refractivity contribution < 1.29 is 0 Å². The first-order valence-corrected chi connectivity index (χ1v) is 5.54. The van der Waals surface area contributed by atoms with E-state index in [9.17, 15) is 0 Å². The summed E-state index contributed by atoms with van der Waals surface area (Å²) >= 11 is 7.44. The smallest absolute Gasteiger partial charge is 0.0931 e. The molecule has 0 bridgehead atoms. The van der Waals surface area contributed by atoms with Crippen molar-refractivity contribution >= 4 is 22.9 Å². The quantitative estimate of drug-likeness (QED) is 0.791. The van der Waals surface area contributed by atoms with Crippen LogP contribution in [0.4, 0.5) is 0 Å². The second-order valence-electron chi connectivity index (χ2n) is 3.03. The molecule has 13 heavy (non-hydrogen) atoms. The number of rotatable bonds is 5. The van der Waals surface area contributed by atoms with E-state index in [2.05, 4.69) is 23.6 Å². The first-order valence-electron chi connectivity index (χ1n) is 4.34. The fraction of sp³-hybridized carbons (Fsp3) is 0.556. The number of thiophene rings is 1. The Morgan fingerprint density at radius 3 is 2.85 bits per heavy atom. The number of hydrogen-bond donors (Lipinski definition) is 2. The summed E-state index contributed by atoms with van der Waals surface area (Å²) in [7, 11) is 1.97. The molecule has 1 aromatic rings. The Morgan fingerprint density at radius 1 is 1.54 bits per heavy atom. The van der Waals surface area contributed by atoms with E-state index in [1.54, 1.807) is 11.3 Å². The van der Waals surface area contributed by atoms with Crippen LogP contribution in [0.5, 0.6) is 0 Å². The molecular formula is C9H15ClN2S. The molecule has 0 fully saturated rings. The van der Waals surface area contributed by atoms with Crippen LogP contribution in [0.2, 0.25) is 4.34 Å². The summed E-state index contributed by atoms with van der Waals surface area (Å²) in [5, 5.41) is 6.53. The molecule has 1 aromatic heterocycles. The molecule has 0 spiro atoms. The first-order chi connectivity index (χ1) is 6.22. The van der Waals surface area contributed by atoms with Crippen LogP contribution in [0.25, 0.3) is 0 Å². The Balaban J connectivity index is 2.20. The third-order valence-corrected chi connectivity index (χ3v) is 3.10. The predicted molar refractivity (Wildman–Crippen MR) is 59.6 cm³/mol. The van der Waals surface area contributed by atoms with Crippen LogP contribution < -0.4 is 10.6 Å². The van der Waals surface area contributed by atoms with Crippen molar-refractivity contribution in [1.82, 2.24) is 10.6 Å². The number of halogens is 1. The van der Waals surface area contributed by atoms with Gasteiger partial charge in [0.2, 0.25) is 0 Å². The van der Waals surface area contributed by atoms with E-state index in [4.69, 9.17) is 11.6 Å². The highest BCUT2D eigenvalue weighted by Gasteiger charge is 1.99. The van der Waals surface area contributed by atoms with E-state index in [-0.39, 0.29) is 0 Å². The van der Waals surface area contributed by atoms with Crippen molar-refractivity contribution in [3.05, 3.63) is 21.3 Å². The molecule has 2 N–H and O–H groups in total. The van der Waals surface area contributed by atoms with Crippen LogP contribution in [-0.2, 0) is 6.54 Å². The van der Waals surface area contributed by atoms with Crippen LogP contribution in [0.3, 0.4) is 0 Å². The van der Waals surface area contributed by atoms with E-state index in [0.29, 0.717) is 6.04 Å². The number of nitrogens with one attached hydrogen (secondary N) is 2. The molecule has 1 atom stereocenters. The fourth-order valence-corrected chi connectivity index (χ4v) is 2.02. The van der Waals surface area contributed by atoms with Crippen LogP contribution in [0.15, 0.2) is 12.1 Å². The minimum absolute atomic E-state index is 0.510. The standard InChI is InChI=1S/C9H15ClN2S/c1-7(11-2)5-12-6-8-3-4-9(10)13-8/h3-4,7,11-12H,5-6H2,1-2H3. The van der Waals surface area contributed by atoms with Crippen LogP contribution in [0.1, 0.15) is 11.8 Å². The average Bonchev–Trinajstić information content (AvgIpc) is 2.51. The Morgan fingerprint density at radius 2 is 2.31 bits per heavy atom. The Hall–Kier alpha value is -0.0900. The Labute approximate surface area is 88.3 Å². The Kier molecular flexibility index (Phi) is 4.73. The summed E-state index contributed by atoms with van der Waals surface area (Å²) < 4.78 is 0.860. The van der Waals surface area contributed by atoms with E-state index in [0.717, 1.165) is 17.4 Å². The van der Waals surface area contributed by atoms with E-state index < -0.39 is 0 Å². The fourth-order valence-electron chi connectivity index (χ4n) is 0.961. The summed E-state index contributed by atoms with van der Waals surface area (Å²) in [5.74, 6) is 0. The van der Waals surface area contributed by atoms with Gasteiger partial charge in [-0.2, -0.15) is 0 Å². The van der Waals surface area contributed by atoms with Gasteiger partial charge in [-0.15, -0.1) is 11.3 Å². The lowest BCUT2D eigenvalue weighted by Gasteiger charge is -2.10. The first kappa shape index (κ1) is 11.0. The predicted octanol–water partition coefficient (Wildman–Crippen LogP) is 2.10. The van der Waals surface area contributed by atoms with Gasteiger partial charge in [0.05, 0.1) is 4.34 Å². The van der Waals surface area contributed by atoms with Crippen molar-refractivity contribution in [2.75, 3.05) is 13.6 Å². The van der Waals surface area contributed by atoms with Crippen molar-refractivity contribution in [1.29, 1.82) is 0 Å². The lowest BCUT2D eigenvalue weighted by molar-refractivity contribution is 0.543. The molecule has 0 aliphatic rings. The van der Waals surface area contributed by atoms with Gasteiger partial charge in [0.1, 0.15) is 0 Å². The number of likely N-dealkylation sites (N-methyl/N-ethyl adjacent to an activating group) is 1. The lowest BCUT2D eigenvalue weighted by Crippen LogP contribution is -2.33. The van der Waals surface area contributed by atoms with Gasteiger partial charge >= 0.3 is 0 Å². The maximum atomic E-state index is 5.81. The molecule has 74 valence electrons. The monoisotopic (exact) mass is 218 g/mol. The van der Waals surface area contributed by atoms with E-state index in [1.807, 2.05) is 13.1 Å². The molecule has 2 nitrogen and oxygen atoms in total. The highest BCUT2D eigenvalue weighted by atomic mass is 35.5. The summed E-state index contributed by atoms with van der Waals surface area (Å²) in [5.41, 5.74) is 0. The second kappa shape index (κ2) is 5.60. The molecule has 0 amide bonds. The van der Waals surface area contributed by atoms with Crippen LogP contribution >= 0.6 is 22.9 Å². The summed E-state index contributed by atoms with van der Waals surface area (Å²) in [6.45, 7) is 4.03. The molecular weight excluding hydrogens is 204 g/mol.